The van der Waals surface area contributed by atoms with Crippen LogP contribution in [-0.2, 0) is 4.79 Å². The lowest BCUT2D eigenvalue weighted by atomic mass is 10.2. The summed E-state index contributed by atoms with van der Waals surface area (Å²) in [6, 6.07) is 7.61. The molecule has 0 spiro atoms. The zero-order valence-electron chi connectivity index (χ0n) is 13.2. The van der Waals surface area contributed by atoms with Crippen LogP contribution in [0.15, 0.2) is 24.3 Å². The summed E-state index contributed by atoms with van der Waals surface area (Å²) >= 11 is 0. The van der Waals surface area contributed by atoms with E-state index in [1.807, 2.05) is 23.1 Å². The van der Waals surface area contributed by atoms with Gasteiger partial charge in [0.05, 0.1) is 7.11 Å². The topological polar surface area (TPSA) is 50.8 Å². The molecule has 1 amide bonds. The highest BCUT2D eigenvalue weighted by atomic mass is 35.5. The van der Waals surface area contributed by atoms with Crippen molar-refractivity contribution < 1.29 is 14.3 Å². The zero-order valence-corrected chi connectivity index (χ0v) is 14.0. The Bertz CT molecular complexity index is 464. The van der Waals surface area contributed by atoms with E-state index in [2.05, 4.69) is 12.2 Å². The normalized spacial score (nSPS) is 16.7. The van der Waals surface area contributed by atoms with E-state index in [1.165, 1.54) is 0 Å². The van der Waals surface area contributed by atoms with Crippen LogP contribution in [0.5, 0.6) is 11.5 Å². The van der Waals surface area contributed by atoms with Crippen molar-refractivity contribution in [3.8, 4) is 11.5 Å². The monoisotopic (exact) mass is 328 g/mol. The summed E-state index contributed by atoms with van der Waals surface area (Å²) in [4.78, 5) is 14.3. The lowest BCUT2D eigenvalue weighted by Crippen LogP contribution is -2.44. The molecule has 1 N–H and O–H groups in total. The van der Waals surface area contributed by atoms with E-state index >= 15 is 0 Å². The number of hydrogen-bond acceptors (Lipinski definition) is 4. The molecule has 1 aromatic carbocycles. The molecule has 0 saturated carbocycles. The second-order valence-electron chi connectivity index (χ2n) is 5.20. The highest BCUT2D eigenvalue weighted by Crippen LogP contribution is 2.19. The summed E-state index contributed by atoms with van der Waals surface area (Å²) in [5, 5.41) is 3.30. The minimum atomic E-state index is 0. The average molecular weight is 329 g/mol. The maximum absolute atomic E-state index is 12.4. The largest absolute Gasteiger partial charge is 0.497 e. The molecule has 1 aromatic rings. The van der Waals surface area contributed by atoms with Crippen LogP contribution in [0.3, 0.4) is 0 Å². The van der Waals surface area contributed by atoms with Gasteiger partial charge in [-0.3, -0.25) is 4.79 Å². The van der Waals surface area contributed by atoms with E-state index in [1.54, 1.807) is 13.2 Å². The Kier molecular flexibility index (Phi) is 8.06. The highest BCUT2D eigenvalue weighted by molar-refractivity contribution is 5.85. The molecule has 1 unspecified atom stereocenters. The molecular weight excluding hydrogens is 304 g/mol. The fraction of sp³-hybridized carbons (Fsp3) is 0.562. The summed E-state index contributed by atoms with van der Waals surface area (Å²) in [5.41, 5.74) is 0. The van der Waals surface area contributed by atoms with E-state index in [4.69, 9.17) is 9.47 Å². The van der Waals surface area contributed by atoms with Crippen molar-refractivity contribution in [2.75, 3.05) is 33.4 Å². The van der Waals surface area contributed by atoms with Crippen LogP contribution < -0.4 is 14.8 Å². The lowest BCUT2D eigenvalue weighted by molar-refractivity contribution is -0.135. The van der Waals surface area contributed by atoms with E-state index in [-0.39, 0.29) is 24.9 Å². The molecule has 2 rings (SSSR count). The second-order valence-corrected chi connectivity index (χ2v) is 5.20. The molecule has 0 aliphatic carbocycles. The molecule has 0 radical (unpaired) electrons. The van der Waals surface area contributed by atoms with Crippen LogP contribution in [0.25, 0.3) is 0 Å². The standard InChI is InChI=1S/C16H24N2O3.ClH/c1-3-9-18(13-7-8-17-11-13)16(19)12-21-15-6-4-5-14(10-15)20-2;/h4-6,10,13,17H,3,7-9,11-12H2,1-2H3;1H. The van der Waals surface area contributed by atoms with Crippen LogP contribution in [0, 0.1) is 0 Å². The van der Waals surface area contributed by atoms with Gasteiger partial charge < -0.3 is 19.7 Å². The van der Waals surface area contributed by atoms with Crippen molar-refractivity contribution in [3.63, 3.8) is 0 Å². The van der Waals surface area contributed by atoms with Crippen molar-refractivity contribution in [2.45, 2.75) is 25.8 Å². The molecule has 1 atom stereocenters. The van der Waals surface area contributed by atoms with Gasteiger partial charge in [-0.15, -0.1) is 12.4 Å². The number of nitrogens with zero attached hydrogens (tertiary/aromatic N) is 1. The molecule has 0 aromatic heterocycles. The minimum Gasteiger partial charge on any atom is -0.497 e. The number of rotatable bonds is 7. The number of carbonyl (C=O) groups excluding carboxylic acids is 1. The Hall–Kier alpha value is -1.46. The second kappa shape index (κ2) is 9.54. The van der Waals surface area contributed by atoms with Crippen molar-refractivity contribution in [1.29, 1.82) is 0 Å². The molecular formula is C16H25ClN2O3. The van der Waals surface area contributed by atoms with Gasteiger partial charge in [-0.2, -0.15) is 0 Å². The Morgan fingerprint density at radius 1 is 1.41 bits per heavy atom. The lowest BCUT2D eigenvalue weighted by Gasteiger charge is -2.28. The van der Waals surface area contributed by atoms with Crippen LogP contribution in [0.1, 0.15) is 19.8 Å². The third-order valence-corrected chi connectivity index (χ3v) is 3.66. The first-order valence-corrected chi connectivity index (χ1v) is 7.51. The predicted molar refractivity (Wildman–Crippen MR) is 89.0 cm³/mol. The Morgan fingerprint density at radius 2 is 2.18 bits per heavy atom. The number of halogens is 1. The van der Waals surface area contributed by atoms with E-state index < -0.39 is 0 Å². The van der Waals surface area contributed by atoms with Gasteiger partial charge in [-0.25, -0.2) is 0 Å². The van der Waals surface area contributed by atoms with Gasteiger partial charge in [0, 0.05) is 25.2 Å². The molecule has 22 heavy (non-hydrogen) atoms. The Labute approximate surface area is 138 Å². The van der Waals surface area contributed by atoms with E-state index in [9.17, 15) is 4.79 Å². The van der Waals surface area contributed by atoms with Gasteiger partial charge in [0.1, 0.15) is 11.5 Å². The number of ether oxygens (including phenoxy) is 2. The molecule has 1 heterocycles. The molecule has 124 valence electrons. The van der Waals surface area contributed by atoms with Crippen LogP contribution in [-0.4, -0.2) is 50.2 Å². The molecule has 1 saturated heterocycles. The first kappa shape index (κ1) is 18.6. The summed E-state index contributed by atoms with van der Waals surface area (Å²) in [6.45, 7) is 4.81. The highest BCUT2D eigenvalue weighted by Gasteiger charge is 2.25. The summed E-state index contributed by atoms with van der Waals surface area (Å²) in [6.07, 6.45) is 1.98. The van der Waals surface area contributed by atoms with Crippen LogP contribution in [0.4, 0.5) is 0 Å². The zero-order chi connectivity index (χ0) is 15.1. The fourth-order valence-electron chi connectivity index (χ4n) is 2.58. The van der Waals surface area contributed by atoms with Crippen molar-refractivity contribution >= 4 is 18.3 Å². The number of amides is 1. The molecule has 5 nitrogen and oxygen atoms in total. The maximum atomic E-state index is 12.4. The Morgan fingerprint density at radius 3 is 2.82 bits per heavy atom. The summed E-state index contributed by atoms with van der Waals surface area (Å²) < 4.78 is 10.8. The number of benzene rings is 1. The van der Waals surface area contributed by atoms with E-state index in [0.29, 0.717) is 11.8 Å². The van der Waals surface area contributed by atoms with Gasteiger partial charge >= 0.3 is 0 Å². The van der Waals surface area contributed by atoms with Gasteiger partial charge in [-0.1, -0.05) is 13.0 Å². The van der Waals surface area contributed by atoms with Crippen molar-refractivity contribution in [3.05, 3.63) is 24.3 Å². The van der Waals surface area contributed by atoms with Crippen LogP contribution in [0.2, 0.25) is 0 Å². The average Bonchev–Trinajstić information content (AvgIpc) is 3.04. The summed E-state index contributed by atoms with van der Waals surface area (Å²) in [7, 11) is 1.61. The summed E-state index contributed by atoms with van der Waals surface area (Å²) in [5.74, 6) is 1.43. The fourth-order valence-corrected chi connectivity index (χ4v) is 2.58. The smallest absolute Gasteiger partial charge is 0.260 e. The van der Waals surface area contributed by atoms with E-state index in [0.717, 1.165) is 38.2 Å². The molecule has 1 aliphatic heterocycles. The Balaban J connectivity index is 0.00000242. The molecule has 1 aliphatic rings. The predicted octanol–water partition coefficient (Wildman–Crippen LogP) is 2.10. The molecule has 1 fully saturated rings. The number of hydrogen-bond donors (Lipinski definition) is 1. The minimum absolute atomic E-state index is 0. The van der Waals surface area contributed by atoms with Crippen molar-refractivity contribution in [2.24, 2.45) is 0 Å². The number of nitrogens with one attached hydrogen (secondary N) is 1. The maximum Gasteiger partial charge on any atom is 0.260 e. The van der Waals surface area contributed by atoms with Gasteiger partial charge in [0.2, 0.25) is 0 Å². The van der Waals surface area contributed by atoms with Gasteiger partial charge in [0.25, 0.3) is 5.91 Å². The van der Waals surface area contributed by atoms with Crippen LogP contribution >= 0.6 is 12.4 Å². The third-order valence-electron chi connectivity index (χ3n) is 3.66. The van der Waals surface area contributed by atoms with Gasteiger partial charge in [0.15, 0.2) is 6.61 Å². The number of carbonyl (C=O) groups is 1. The SMILES string of the molecule is CCCN(C(=O)COc1cccc(OC)c1)C1CCNC1.Cl. The van der Waals surface area contributed by atoms with Crippen molar-refractivity contribution in [1.82, 2.24) is 10.2 Å². The number of methoxy groups -OCH3 is 1. The first-order valence-electron chi connectivity index (χ1n) is 7.51. The third kappa shape index (κ3) is 5.07. The molecule has 0 bridgehead atoms. The van der Waals surface area contributed by atoms with Gasteiger partial charge in [-0.05, 0) is 31.5 Å². The first-order chi connectivity index (χ1) is 10.2. The quantitative estimate of drug-likeness (QED) is 0.832. The molecule has 6 heteroatoms.